The molecule has 0 radical (unpaired) electrons. The molecule has 0 unspecified atom stereocenters. The van der Waals surface area contributed by atoms with E-state index in [1.165, 1.54) is 28.3 Å². The number of rotatable bonds is 8. The predicted molar refractivity (Wildman–Crippen MR) is 134 cm³/mol. The predicted octanol–water partition coefficient (Wildman–Crippen LogP) is 7.26. The molecule has 0 saturated heterocycles. The maximum Gasteiger partial charge on any atom is 0.230 e. The van der Waals surface area contributed by atoms with Gasteiger partial charge in [-0.25, -0.2) is 4.98 Å². The topological polar surface area (TPSA) is 42.0 Å². The minimum atomic E-state index is -0.00336. The maximum atomic E-state index is 12.5. The first-order valence-electron chi connectivity index (χ1n) is 10.5. The van der Waals surface area contributed by atoms with Crippen LogP contribution in [0.15, 0.2) is 41.4 Å². The van der Waals surface area contributed by atoms with E-state index in [1.807, 2.05) is 12.1 Å². The normalized spacial score (nSPS) is 12.2. The van der Waals surface area contributed by atoms with E-state index in [0.29, 0.717) is 22.3 Å². The summed E-state index contributed by atoms with van der Waals surface area (Å²) in [4.78, 5) is 17.3. The molecule has 0 fully saturated rings. The molecule has 0 aliphatic rings. The van der Waals surface area contributed by atoms with Crippen LogP contribution in [0.1, 0.15) is 47.9 Å². The molecule has 1 amide bonds. The van der Waals surface area contributed by atoms with E-state index in [9.17, 15) is 4.79 Å². The van der Waals surface area contributed by atoms with Crippen LogP contribution in [0, 0.1) is 20.8 Å². The second-order valence-corrected chi connectivity index (χ2v) is 9.84. The van der Waals surface area contributed by atoms with Crippen molar-refractivity contribution in [3.05, 3.63) is 68.7 Å². The van der Waals surface area contributed by atoms with Gasteiger partial charge in [0.15, 0.2) is 0 Å². The SMILES string of the molecule is CCC[C@H](CNC(=O)CSc1cc(C)c2cc(C)cc(C)c2n1)c1ccc(Cl)cc1Cl. The van der Waals surface area contributed by atoms with Gasteiger partial charge in [-0.15, -0.1) is 0 Å². The highest BCUT2D eigenvalue weighted by Crippen LogP contribution is 2.30. The van der Waals surface area contributed by atoms with Gasteiger partial charge in [0.25, 0.3) is 0 Å². The van der Waals surface area contributed by atoms with Crippen LogP contribution in [0.2, 0.25) is 10.0 Å². The maximum absolute atomic E-state index is 12.5. The van der Waals surface area contributed by atoms with Gasteiger partial charge in [-0.05, 0) is 68.1 Å². The smallest absolute Gasteiger partial charge is 0.230 e. The summed E-state index contributed by atoms with van der Waals surface area (Å²) in [7, 11) is 0. The summed E-state index contributed by atoms with van der Waals surface area (Å²) in [5, 5.41) is 6.38. The van der Waals surface area contributed by atoms with Gasteiger partial charge in [-0.3, -0.25) is 4.79 Å². The summed E-state index contributed by atoms with van der Waals surface area (Å²) < 4.78 is 0. The quantitative estimate of drug-likeness (QED) is 0.349. The number of halogens is 2. The molecule has 0 saturated carbocycles. The number of fused-ring (bicyclic) bond motifs is 1. The number of nitrogens with zero attached hydrogens (tertiary/aromatic N) is 1. The van der Waals surface area contributed by atoms with Crippen LogP contribution >= 0.6 is 35.0 Å². The number of hydrogen-bond acceptors (Lipinski definition) is 3. The van der Waals surface area contributed by atoms with E-state index in [-0.39, 0.29) is 11.8 Å². The van der Waals surface area contributed by atoms with Gasteiger partial charge in [-0.2, -0.15) is 0 Å². The number of hydrogen-bond donors (Lipinski definition) is 1. The molecule has 2 aromatic carbocycles. The first-order chi connectivity index (χ1) is 14.8. The van der Waals surface area contributed by atoms with Crippen LogP contribution in [-0.2, 0) is 4.79 Å². The average molecular weight is 475 g/mol. The number of aromatic nitrogens is 1. The van der Waals surface area contributed by atoms with E-state index < -0.39 is 0 Å². The zero-order valence-corrected chi connectivity index (χ0v) is 20.7. The lowest BCUT2D eigenvalue weighted by Gasteiger charge is -2.19. The Bertz CT molecular complexity index is 1100. The van der Waals surface area contributed by atoms with E-state index in [2.05, 4.69) is 51.2 Å². The number of carbonyl (C=O) groups is 1. The summed E-state index contributed by atoms with van der Waals surface area (Å²) in [5.41, 5.74) is 5.61. The Morgan fingerprint density at radius 1 is 1.10 bits per heavy atom. The highest BCUT2D eigenvalue weighted by atomic mass is 35.5. The highest BCUT2D eigenvalue weighted by Gasteiger charge is 2.16. The minimum Gasteiger partial charge on any atom is -0.355 e. The molecule has 0 aliphatic carbocycles. The third-order valence-corrected chi connectivity index (χ3v) is 6.84. The summed E-state index contributed by atoms with van der Waals surface area (Å²) in [6.45, 7) is 8.96. The van der Waals surface area contributed by atoms with Crippen molar-refractivity contribution >= 4 is 51.8 Å². The molecule has 3 aromatic rings. The van der Waals surface area contributed by atoms with Gasteiger partial charge in [0.05, 0.1) is 16.3 Å². The van der Waals surface area contributed by atoms with Crippen molar-refractivity contribution in [2.45, 2.75) is 51.5 Å². The fraction of sp³-hybridized carbons (Fsp3) is 0.360. The van der Waals surface area contributed by atoms with Crippen LogP contribution in [0.4, 0.5) is 0 Å². The van der Waals surface area contributed by atoms with Gasteiger partial charge in [0.2, 0.25) is 5.91 Å². The summed E-state index contributed by atoms with van der Waals surface area (Å²) >= 11 is 13.9. The molecule has 3 nitrogen and oxygen atoms in total. The van der Waals surface area contributed by atoms with E-state index in [4.69, 9.17) is 28.2 Å². The summed E-state index contributed by atoms with van der Waals surface area (Å²) in [6.07, 6.45) is 1.95. The zero-order valence-electron chi connectivity index (χ0n) is 18.4. The van der Waals surface area contributed by atoms with Crippen LogP contribution < -0.4 is 5.32 Å². The van der Waals surface area contributed by atoms with Gasteiger partial charge in [0, 0.05) is 27.9 Å². The van der Waals surface area contributed by atoms with Crippen molar-refractivity contribution in [1.29, 1.82) is 0 Å². The monoisotopic (exact) mass is 474 g/mol. The van der Waals surface area contributed by atoms with E-state index >= 15 is 0 Å². The number of benzene rings is 2. The average Bonchev–Trinajstić information content (AvgIpc) is 2.71. The van der Waals surface area contributed by atoms with Crippen molar-refractivity contribution in [2.75, 3.05) is 12.3 Å². The minimum absolute atomic E-state index is 0.00336. The van der Waals surface area contributed by atoms with Gasteiger partial charge < -0.3 is 5.32 Å². The zero-order chi connectivity index (χ0) is 22.5. The molecule has 1 aromatic heterocycles. The van der Waals surface area contributed by atoms with E-state index in [0.717, 1.165) is 34.5 Å². The van der Waals surface area contributed by atoms with Crippen molar-refractivity contribution in [1.82, 2.24) is 10.3 Å². The molecule has 0 bridgehead atoms. The fourth-order valence-corrected chi connectivity index (χ4v) is 5.22. The molecule has 0 aliphatic heterocycles. The molecule has 1 atom stereocenters. The Balaban J connectivity index is 1.64. The fourth-order valence-electron chi connectivity index (χ4n) is 3.86. The molecule has 31 heavy (non-hydrogen) atoms. The number of carbonyl (C=O) groups excluding carboxylic acids is 1. The standard InChI is InChI=1S/C25H28Cl2N2OS/c1-5-6-18(20-8-7-19(26)12-22(20)27)13-28-23(30)14-31-24-11-16(3)21-10-15(2)9-17(4)25(21)29-24/h7-12,18H,5-6,13-14H2,1-4H3,(H,28,30)/t18-/m1/s1. The van der Waals surface area contributed by atoms with Crippen molar-refractivity contribution < 1.29 is 4.79 Å². The van der Waals surface area contributed by atoms with Crippen molar-refractivity contribution in [3.8, 4) is 0 Å². The van der Waals surface area contributed by atoms with Crippen LogP contribution in [0.25, 0.3) is 10.9 Å². The third kappa shape index (κ3) is 6.15. The van der Waals surface area contributed by atoms with Gasteiger partial charge >= 0.3 is 0 Å². The lowest BCUT2D eigenvalue weighted by atomic mass is 9.94. The lowest BCUT2D eigenvalue weighted by Crippen LogP contribution is -2.30. The van der Waals surface area contributed by atoms with Gasteiger partial charge in [-0.1, -0.05) is 66.0 Å². The lowest BCUT2D eigenvalue weighted by molar-refractivity contribution is -0.118. The third-order valence-electron chi connectivity index (χ3n) is 5.37. The number of amides is 1. The molecule has 0 spiro atoms. The molecular formula is C25H28Cl2N2OS. The molecule has 164 valence electrons. The number of pyridine rings is 1. The number of aryl methyl sites for hydroxylation is 3. The molecule has 1 N–H and O–H groups in total. The molecule has 1 heterocycles. The number of thioether (sulfide) groups is 1. The first kappa shape index (κ1) is 23.9. The highest BCUT2D eigenvalue weighted by molar-refractivity contribution is 7.99. The van der Waals surface area contributed by atoms with Crippen LogP contribution in [-0.4, -0.2) is 23.2 Å². The molecular weight excluding hydrogens is 447 g/mol. The van der Waals surface area contributed by atoms with Crippen LogP contribution in [0.5, 0.6) is 0 Å². The first-order valence-corrected chi connectivity index (χ1v) is 12.3. The number of nitrogens with one attached hydrogen (secondary N) is 1. The Morgan fingerprint density at radius 3 is 2.58 bits per heavy atom. The Labute approximate surface area is 198 Å². The second kappa shape index (κ2) is 10.7. The van der Waals surface area contributed by atoms with E-state index in [1.54, 1.807) is 6.07 Å². The largest absolute Gasteiger partial charge is 0.355 e. The van der Waals surface area contributed by atoms with Crippen LogP contribution in [0.3, 0.4) is 0 Å². The second-order valence-electron chi connectivity index (χ2n) is 8.00. The summed E-state index contributed by atoms with van der Waals surface area (Å²) in [5.74, 6) is 0.489. The Kier molecular flexibility index (Phi) is 8.26. The Hall–Kier alpha value is -1.75. The van der Waals surface area contributed by atoms with Gasteiger partial charge in [0.1, 0.15) is 0 Å². The summed E-state index contributed by atoms with van der Waals surface area (Å²) in [6, 6.07) is 11.9. The molecule has 6 heteroatoms. The van der Waals surface area contributed by atoms with Crippen molar-refractivity contribution in [2.24, 2.45) is 0 Å². The Morgan fingerprint density at radius 2 is 1.87 bits per heavy atom. The van der Waals surface area contributed by atoms with Crippen molar-refractivity contribution in [3.63, 3.8) is 0 Å². The molecule has 3 rings (SSSR count).